The van der Waals surface area contributed by atoms with Crippen LogP contribution in [-0.2, 0) is 9.53 Å². The smallest absolute Gasteiger partial charge is 0.242 e. The van der Waals surface area contributed by atoms with Crippen LogP contribution in [0.1, 0.15) is 19.3 Å². The summed E-state index contributed by atoms with van der Waals surface area (Å²) in [5, 5.41) is 0. The van der Waals surface area contributed by atoms with E-state index in [4.69, 9.17) is 4.74 Å². The molecule has 2 aliphatic rings. The van der Waals surface area contributed by atoms with Gasteiger partial charge in [-0.05, 0) is 37.3 Å². The van der Waals surface area contributed by atoms with Crippen molar-refractivity contribution in [2.75, 3.05) is 58.4 Å². The van der Waals surface area contributed by atoms with Crippen molar-refractivity contribution in [3.63, 3.8) is 0 Å². The van der Waals surface area contributed by atoms with E-state index >= 15 is 0 Å². The number of hydrogen-bond acceptors (Lipinski definition) is 4. The minimum absolute atomic E-state index is 0.203. The minimum Gasteiger partial charge on any atom is -0.381 e. The van der Waals surface area contributed by atoms with E-state index in [9.17, 15) is 4.79 Å². The average molecular weight is 345 g/mol. The number of ether oxygens (including phenoxy) is 1. The zero-order valence-electron chi connectivity index (χ0n) is 15.6. The number of carbonyl (C=O) groups is 1. The maximum atomic E-state index is 12.6. The molecule has 138 valence electrons. The van der Waals surface area contributed by atoms with Gasteiger partial charge in [0.1, 0.15) is 0 Å². The summed E-state index contributed by atoms with van der Waals surface area (Å²) in [6.07, 6.45) is 3.35. The second-order valence-corrected chi connectivity index (χ2v) is 7.46. The van der Waals surface area contributed by atoms with Gasteiger partial charge in [0.15, 0.2) is 0 Å². The first-order valence-corrected chi connectivity index (χ1v) is 9.45. The number of hydrogen-bond donors (Lipinski definition) is 0. The molecule has 3 rings (SSSR count). The van der Waals surface area contributed by atoms with Gasteiger partial charge >= 0.3 is 0 Å². The molecule has 1 aromatic rings. The van der Waals surface area contributed by atoms with Gasteiger partial charge in [-0.15, -0.1) is 0 Å². The molecule has 0 radical (unpaired) electrons. The SMILES string of the molecule is CN(CC(=O)N(C)C1CCN(C[C@H]2CCOC2)CC1)c1ccccc1. The average Bonchev–Trinajstić information content (AvgIpc) is 3.15. The van der Waals surface area contributed by atoms with Crippen LogP contribution in [0.3, 0.4) is 0 Å². The van der Waals surface area contributed by atoms with E-state index in [1.165, 1.54) is 6.42 Å². The molecule has 1 aromatic carbocycles. The second-order valence-electron chi connectivity index (χ2n) is 7.46. The molecule has 0 bridgehead atoms. The largest absolute Gasteiger partial charge is 0.381 e. The van der Waals surface area contributed by atoms with Crippen molar-refractivity contribution in [3.8, 4) is 0 Å². The number of amides is 1. The fourth-order valence-electron chi connectivity index (χ4n) is 3.87. The molecule has 2 saturated heterocycles. The molecule has 25 heavy (non-hydrogen) atoms. The molecule has 1 amide bonds. The second kappa shape index (κ2) is 8.68. The summed E-state index contributed by atoms with van der Waals surface area (Å²) >= 11 is 0. The zero-order valence-corrected chi connectivity index (χ0v) is 15.6. The van der Waals surface area contributed by atoms with Gasteiger partial charge < -0.3 is 19.4 Å². The molecular formula is C20H31N3O2. The van der Waals surface area contributed by atoms with Gasteiger partial charge in [0.25, 0.3) is 0 Å². The van der Waals surface area contributed by atoms with Crippen LogP contribution in [-0.4, -0.2) is 75.2 Å². The molecule has 0 saturated carbocycles. The Kier molecular flexibility index (Phi) is 6.32. The zero-order chi connectivity index (χ0) is 17.6. The van der Waals surface area contributed by atoms with E-state index in [1.54, 1.807) is 0 Å². The van der Waals surface area contributed by atoms with Gasteiger partial charge in [0.2, 0.25) is 5.91 Å². The fraction of sp³-hybridized carbons (Fsp3) is 0.650. The van der Waals surface area contributed by atoms with Crippen LogP contribution in [0.25, 0.3) is 0 Å². The van der Waals surface area contributed by atoms with Crippen LogP contribution in [0, 0.1) is 5.92 Å². The Morgan fingerprint density at radius 1 is 1.16 bits per heavy atom. The normalized spacial score (nSPS) is 22.1. The highest BCUT2D eigenvalue weighted by Crippen LogP contribution is 2.20. The van der Waals surface area contributed by atoms with E-state index in [1.807, 2.05) is 54.2 Å². The standard InChI is InChI=1S/C20H31N3O2/c1-21(18-6-4-3-5-7-18)15-20(24)22(2)19-8-11-23(12-9-19)14-17-10-13-25-16-17/h3-7,17,19H,8-16H2,1-2H3/t17-/m1/s1. The summed E-state index contributed by atoms with van der Waals surface area (Å²) in [5.41, 5.74) is 1.08. The Morgan fingerprint density at radius 3 is 2.52 bits per heavy atom. The van der Waals surface area contributed by atoms with Crippen LogP contribution in [0.4, 0.5) is 5.69 Å². The van der Waals surface area contributed by atoms with Crippen LogP contribution < -0.4 is 4.90 Å². The molecule has 2 heterocycles. The number of likely N-dealkylation sites (N-methyl/N-ethyl adjacent to an activating group) is 2. The van der Waals surface area contributed by atoms with Crippen molar-refractivity contribution < 1.29 is 9.53 Å². The maximum Gasteiger partial charge on any atom is 0.242 e. The Morgan fingerprint density at radius 2 is 1.88 bits per heavy atom. The third kappa shape index (κ3) is 4.95. The van der Waals surface area contributed by atoms with E-state index in [2.05, 4.69) is 4.90 Å². The first-order valence-electron chi connectivity index (χ1n) is 9.45. The van der Waals surface area contributed by atoms with E-state index in [0.717, 1.165) is 51.4 Å². The third-order valence-corrected chi connectivity index (χ3v) is 5.61. The lowest BCUT2D eigenvalue weighted by molar-refractivity contribution is -0.131. The highest BCUT2D eigenvalue weighted by atomic mass is 16.5. The first-order chi connectivity index (χ1) is 12.1. The predicted molar refractivity (Wildman–Crippen MR) is 101 cm³/mol. The number of benzene rings is 1. The molecule has 0 N–H and O–H groups in total. The molecule has 2 aliphatic heterocycles. The molecular weight excluding hydrogens is 314 g/mol. The number of piperidine rings is 1. The Balaban J connectivity index is 1.43. The Bertz CT molecular complexity index is 537. The van der Waals surface area contributed by atoms with E-state index in [-0.39, 0.29) is 5.91 Å². The summed E-state index contributed by atoms with van der Waals surface area (Å²) < 4.78 is 5.48. The number of likely N-dealkylation sites (tertiary alicyclic amines) is 1. The van der Waals surface area contributed by atoms with Gasteiger partial charge in [-0.2, -0.15) is 0 Å². The molecule has 0 aromatic heterocycles. The molecule has 5 nitrogen and oxygen atoms in total. The summed E-state index contributed by atoms with van der Waals surface area (Å²) in [5.74, 6) is 0.907. The number of anilines is 1. The van der Waals surface area contributed by atoms with Gasteiger partial charge in [-0.3, -0.25) is 4.79 Å². The molecule has 5 heteroatoms. The molecule has 0 aliphatic carbocycles. The summed E-state index contributed by atoms with van der Waals surface area (Å²) in [4.78, 5) is 19.2. The maximum absolute atomic E-state index is 12.6. The third-order valence-electron chi connectivity index (χ3n) is 5.61. The predicted octanol–water partition coefficient (Wildman–Crippen LogP) is 2.08. The van der Waals surface area contributed by atoms with Crippen molar-refractivity contribution in [2.45, 2.75) is 25.3 Å². The van der Waals surface area contributed by atoms with E-state index in [0.29, 0.717) is 18.5 Å². The molecule has 0 unspecified atom stereocenters. The number of carbonyl (C=O) groups excluding carboxylic acids is 1. The summed E-state index contributed by atoms with van der Waals surface area (Å²) in [6, 6.07) is 10.5. The van der Waals surface area contributed by atoms with Crippen LogP contribution in [0.2, 0.25) is 0 Å². The topological polar surface area (TPSA) is 36.0 Å². The number of rotatable bonds is 6. The van der Waals surface area contributed by atoms with Crippen LogP contribution >= 0.6 is 0 Å². The van der Waals surface area contributed by atoms with Crippen molar-refractivity contribution in [2.24, 2.45) is 5.92 Å². The molecule has 0 spiro atoms. The number of nitrogens with zero attached hydrogens (tertiary/aromatic N) is 3. The fourth-order valence-corrected chi connectivity index (χ4v) is 3.87. The van der Waals surface area contributed by atoms with Gasteiger partial charge in [-0.1, -0.05) is 18.2 Å². The van der Waals surface area contributed by atoms with Crippen LogP contribution in [0.15, 0.2) is 30.3 Å². The quantitative estimate of drug-likeness (QED) is 0.791. The lowest BCUT2D eigenvalue weighted by atomic mass is 10.0. The summed E-state index contributed by atoms with van der Waals surface area (Å²) in [7, 11) is 3.94. The van der Waals surface area contributed by atoms with Crippen molar-refractivity contribution in [1.29, 1.82) is 0 Å². The Labute approximate surface area is 151 Å². The van der Waals surface area contributed by atoms with Crippen molar-refractivity contribution in [3.05, 3.63) is 30.3 Å². The highest BCUT2D eigenvalue weighted by molar-refractivity contribution is 5.81. The van der Waals surface area contributed by atoms with Gasteiger partial charge in [0.05, 0.1) is 13.2 Å². The monoisotopic (exact) mass is 345 g/mol. The molecule has 2 fully saturated rings. The first kappa shape index (κ1) is 18.2. The Hall–Kier alpha value is -1.59. The van der Waals surface area contributed by atoms with E-state index < -0.39 is 0 Å². The van der Waals surface area contributed by atoms with Gasteiger partial charge in [0, 0.05) is 52.1 Å². The summed E-state index contributed by atoms with van der Waals surface area (Å²) in [6.45, 7) is 5.61. The number of para-hydroxylation sites is 1. The van der Waals surface area contributed by atoms with Crippen molar-refractivity contribution in [1.82, 2.24) is 9.80 Å². The van der Waals surface area contributed by atoms with Crippen molar-refractivity contribution >= 4 is 11.6 Å². The highest BCUT2D eigenvalue weighted by Gasteiger charge is 2.27. The lowest BCUT2D eigenvalue weighted by Gasteiger charge is -2.38. The molecule has 1 atom stereocenters. The van der Waals surface area contributed by atoms with Crippen LogP contribution in [0.5, 0.6) is 0 Å². The van der Waals surface area contributed by atoms with Gasteiger partial charge in [-0.25, -0.2) is 0 Å². The lowest BCUT2D eigenvalue weighted by Crippen LogP contribution is -2.48. The minimum atomic E-state index is 0.203.